The molecule has 0 aromatic heterocycles. The maximum atomic E-state index is 12.4. The molecule has 1 aliphatic rings. The Morgan fingerprint density at radius 3 is 2.31 bits per heavy atom. The molecule has 0 radical (unpaired) electrons. The van der Waals surface area contributed by atoms with Crippen molar-refractivity contribution in [1.82, 2.24) is 15.1 Å². The highest BCUT2D eigenvalue weighted by molar-refractivity contribution is 6.41. The van der Waals surface area contributed by atoms with E-state index < -0.39 is 11.8 Å². The van der Waals surface area contributed by atoms with E-state index in [2.05, 4.69) is 58.7 Å². The minimum absolute atomic E-state index is 0.0152. The third-order valence-corrected chi connectivity index (χ3v) is 5.55. The van der Waals surface area contributed by atoms with E-state index in [0.717, 1.165) is 31.7 Å². The highest BCUT2D eigenvalue weighted by atomic mass is 35.5. The van der Waals surface area contributed by atoms with Crippen LogP contribution in [0.25, 0.3) is 0 Å². The van der Waals surface area contributed by atoms with E-state index in [0.29, 0.717) is 17.3 Å². The molecule has 154 valence electrons. The molecular weight excluding hydrogens is 388 g/mol. The molecule has 1 saturated heterocycles. The number of likely N-dealkylation sites (N-methyl/N-ethyl adjacent to an activating group) is 1. The molecule has 0 saturated carbocycles. The average molecular weight is 415 g/mol. The maximum Gasteiger partial charge on any atom is 0.313 e. The van der Waals surface area contributed by atoms with E-state index in [1.165, 1.54) is 5.56 Å². The number of amides is 2. The van der Waals surface area contributed by atoms with Gasteiger partial charge < -0.3 is 15.5 Å². The van der Waals surface area contributed by atoms with E-state index in [-0.39, 0.29) is 6.04 Å². The van der Waals surface area contributed by atoms with Crippen molar-refractivity contribution in [3.8, 4) is 0 Å². The second-order valence-corrected chi connectivity index (χ2v) is 7.82. The van der Waals surface area contributed by atoms with Gasteiger partial charge >= 0.3 is 11.8 Å². The van der Waals surface area contributed by atoms with Crippen LogP contribution in [0.3, 0.4) is 0 Å². The van der Waals surface area contributed by atoms with Gasteiger partial charge in [-0.25, -0.2) is 0 Å². The van der Waals surface area contributed by atoms with Crippen molar-refractivity contribution in [3.63, 3.8) is 0 Å². The number of piperazine rings is 1. The molecule has 1 aliphatic heterocycles. The van der Waals surface area contributed by atoms with Crippen molar-refractivity contribution in [1.29, 1.82) is 0 Å². The third-order valence-electron chi connectivity index (χ3n) is 5.23. The topological polar surface area (TPSA) is 64.7 Å². The Hall–Kier alpha value is -2.41. The van der Waals surface area contributed by atoms with Crippen molar-refractivity contribution in [2.24, 2.45) is 0 Å². The number of hydrogen-bond acceptors (Lipinski definition) is 4. The van der Waals surface area contributed by atoms with E-state index >= 15 is 0 Å². The number of hydrogen-bond donors (Lipinski definition) is 2. The molecule has 2 amide bonds. The number of halogens is 1. The molecule has 1 heterocycles. The highest BCUT2D eigenvalue weighted by Crippen LogP contribution is 2.23. The highest BCUT2D eigenvalue weighted by Gasteiger charge is 2.25. The number of nitrogens with one attached hydrogen (secondary N) is 2. The first kappa shape index (κ1) is 21.3. The summed E-state index contributed by atoms with van der Waals surface area (Å²) in [7, 11) is 2.11. The van der Waals surface area contributed by atoms with Gasteiger partial charge in [0.25, 0.3) is 0 Å². The Bertz CT molecular complexity index is 848. The van der Waals surface area contributed by atoms with Gasteiger partial charge in [0.2, 0.25) is 0 Å². The van der Waals surface area contributed by atoms with Crippen molar-refractivity contribution >= 4 is 29.1 Å². The Balaban J connectivity index is 1.65. The molecule has 2 aromatic rings. The van der Waals surface area contributed by atoms with Crippen LogP contribution in [0.4, 0.5) is 5.69 Å². The SMILES string of the molecule is Cc1ccc(C(CNC(=O)C(=O)Nc2ccccc2Cl)N2CCN(C)CC2)cc1. The molecule has 2 N–H and O–H groups in total. The lowest BCUT2D eigenvalue weighted by Gasteiger charge is -2.38. The van der Waals surface area contributed by atoms with Gasteiger partial charge in [-0.3, -0.25) is 14.5 Å². The van der Waals surface area contributed by atoms with Gasteiger partial charge in [0.15, 0.2) is 0 Å². The Kier molecular flexibility index (Phi) is 7.25. The normalized spacial score (nSPS) is 16.2. The van der Waals surface area contributed by atoms with Crippen molar-refractivity contribution < 1.29 is 9.59 Å². The Morgan fingerprint density at radius 1 is 1.00 bits per heavy atom. The number of benzene rings is 2. The van der Waals surface area contributed by atoms with Gasteiger partial charge in [-0.15, -0.1) is 0 Å². The standard InChI is InChI=1S/C22H27ClN4O2/c1-16-7-9-17(10-8-16)20(27-13-11-26(2)12-14-27)15-24-21(28)22(29)25-19-6-4-3-5-18(19)23/h3-10,20H,11-15H2,1-2H3,(H,24,28)(H,25,29). The van der Waals surface area contributed by atoms with Crippen molar-refractivity contribution in [2.45, 2.75) is 13.0 Å². The van der Waals surface area contributed by atoms with Gasteiger partial charge in [0, 0.05) is 32.7 Å². The minimum Gasteiger partial charge on any atom is -0.346 e. The van der Waals surface area contributed by atoms with Gasteiger partial charge in [-0.2, -0.15) is 0 Å². The van der Waals surface area contributed by atoms with Crippen LogP contribution in [0.5, 0.6) is 0 Å². The molecule has 2 aromatic carbocycles. The fourth-order valence-corrected chi connectivity index (χ4v) is 3.57. The summed E-state index contributed by atoms with van der Waals surface area (Å²) in [6, 6.07) is 15.2. The summed E-state index contributed by atoms with van der Waals surface area (Å²) < 4.78 is 0. The van der Waals surface area contributed by atoms with Crippen LogP contribution >= 0.6 is 11.6 Å². The molecule has 6 nitrogen and oxygen atoms in total. The van der Waals surface area contributed by atoms with E-state index in [9.17, 15) is 9.59 Å². The van der Waals surface area contributed by atoms with Crippen LogP contribution in [-0.4, -0.2) is 61.4 Å². The lowest BCUT2D eigenvalue weighted by atomic mass is 10.0. The first-order chi connectivity index (χ1) is 13.9. The number of carbonyl (C=O) groups excluding carboxylic acids is 2. The van der Waals surface area contributed by atoms with Crippen LogP contribution in [0.15, 0.2) is 48.5 Å². The third kappa shape index (κ3) is 5.79. The summed E-state index contributed by atoms with van der Waals surface area (Å²) in [4.78, 5) is 29.3. The van der Waals surface area contributed by atoms with Gasteiger partial charge in [-0.1, -0.05) is 53.6 Å². The number of anilines is 1. The Labute approximate surface area is 176 Å². The van der Waals surface area contributed by atoms with E-state index in [1.807, 2.05) is 0 Å². The van der Waals surface area contributed by atoms with Crippen LogP contribution < -0.4 is 10.6 Å². The van der Waals surface area contributed by atoms with Crippen LogP contribution in [0, 0.1) is 6.92 Å². The smallest absolute Gasteiger partial charge is 0.313 e. The summed E-state index contributed by atoms with van der Waals surface area (Å²) in [6.45, 7) is 6.19. The fourth-order valence-electron chi connectivity index (χ4n) is 3.39. The maximum absolute atomic E-state index is 12.4. The molecule has 29 heavy (non-hydrogen) atoms. The van der Waals surface area contributed by atoms with Crippen molar-refractivity contribution in [2.75, 3.05) is 45.1 Å². The lowest BCUT2D eigenvalue weighted by molar-refractivity contribution is -0.136. The monoisotopic (exact) mass is 414 g/mol. The number of carbonyl (C=O) groups is 2. The number of aryl methyl sites for hydroxylation is 1. The molecule has 0 spiro atoms. The number of para-hydroxylation sites is 1. The molecular formula is C22H27ClN4O2. The molecule has 3 rings (SSSR count). The predicted molar refractivity (Wildman–Crippen MR) is 116 cm³/mol. The second-order valence-electron chi connectivity index (χ2n) is 7.41. The molecule has 0 bridgehead atoms. The molecule has 0 aliphatic carbocycles. The van der Waals surface area contributed by atoms with E-state index in [1.54, 1.807) is 24.3 Å². The van der Waals surface area contributed by atoms with E-state index in [4.69, 9.17) is 11.6 Å². The Morgan fingerprint density at radius 2 is 1.66 bits per heavy atom. The molecule has 1 unspecified atom stereocenters. The molecule has 1 fully saturated rings. The zero-order chi connectivity index (χ0) is 20.8. The fraction of sp³-hybridized carbons (Fsp3) is 0.364. The average Bonchev–Trinajstić information content (AvgIpc) is 2.72. The van der Waals surface area contributed by atoms with Crippen LogP contribution in [-0.2, 0) is 9.59 Å². The zero-order valence-corrected chi connectivity index (χ0v) is 17.6. The van der Waals surface area contributed by atoms with Gasteiger partial charge in [0.1, 0.15) is 0 Å². The summed E-state index contributed by atoms with van der Waals surface area (Å²) in [6.07, 6.45) is 0. The molecule has 1 atom stereocenters. The zero-order valence-electron chi connectivity index (χ0n) is 16.8. The summed E-state index contributed by atoms with van der Waals surface area (Å²) >= 11 is 6.05. The quantitative estimate of drug-likeness (QED) is 0.738. The van der Waals surface area contributed by atoms with Gasteiger partial charge in [-0.05, 0) is 31.7 Å². The van der Waals surface area contributed by atoms with Crippen LogP contribution in [0.2, 0.25) is 5.02 Å². The summed E-state index contributed by atoms with van der Waals surface area (Å²) in [5, 5.41) is 5.75. The van der Waals surface area contributed by atoms with Crippen LogP contribution in [0.1, 0.15) is 17.2 Å². The lowest BCUT2D eigenvalue weighted by Crippen LogP contribution is -2.49. The first-order valence-corrected chi connectivity index (χ1v) is 10.1. The number of rotatable bonds is 5. The second kappa shape index (κ2) is 9.87. The number of nitrogens with zero attached hydrogens (tertiary/aromatic N) is 2. The summed E-state index contributed by atoms with van der Waals surface area (Å²) in [5.41, 5.74) is 2.74. The first-order valence-electron chi connectivity index (χ1n) is 9.77. The predicted octanol–water partition coefficient (Wildman–Crippen LogP) is 2.69. The minimum atomic E-state index is -0.723. The summed E-state index contributed by atoms with van der Waals surface area (Å²) in [5.74, 6) is -1.39. The van der Waals surface area contributed by atoms with Crippen molar-refractivity contribution in [3.05, 3.63) is 64.7 Å². The van der Waals surface area contributed by atoms with Gasteiger partial charge in [0.05, 0.1) is 16.8 Å². The molecule has 7 heteroatoms. The largest absolute Gasteiger partial charge is 0.346 e.